The van der Waals surface area contributed by atoms with Crippen LogP contribution in [0.3, 0.4) is 0 Å². The Balaban J connectivity index is 1.83. The van der Waals surface area contributed by atoms with Crippen molar-refractivity contribution in [3.8, 4) is 0 Å². The van der Waals surface area contributed by atoms with Gasteiger partial charge in [0.2, 0.25) is 15.8 Å². The van der Waals surface area contributed by atoms with Crippen molar-refractivity contribution < 1.29 is 13.2 Å². The van der Waals surface area contributed by atoms with Gasteiger partial charge in [-0.2, -0.15) is 0 Å². The van der Waals surface area contributed by atoms with Crippen molar-refractivity contribution in [3.63, 3.8) is 0 Å². The van der Waals surface area contributed by atoms with Gasteiger partial charge < -0.3 is 5.32 Å². The van der Waals surface area contributed by atoms with Gasteiger partial charge in [-0.15, -0.1) is 0 Å². The summed E-state index contributed by atoms with van der Waals surface area (Å²) in [6.45, 7) is 1.84. The number of aryl methyl sites for hydroxylation is 1. The molecule has 9 heteroatoms. The first-order chi connectivity index (χ1) is 11.8. The molecule has 2 aromatic heterocycles. The van der Waals surface area contributed by atoms with E-state index < -0.39 is 10.0 Å². The number of benzene rings is 1. The van der Waals surface area contributed by atoms with Gasteiger partial charge in [0.25, 0.3) is 0 Å². The number of rotatable bonds is 5. The molecule has 3 rings (SSSR count). The number of ketones is 1. The lowest BCUT2D eigenvalue weighted by Crippen LogP contribution is -2.12. The van der Waals surface area contributed by atoms with Crippen LogP contribution in [0.15, 0.2) is 53.8 Å². The standard InChI is InChI=1S/C16H14N4O3S2/c1-10-5-6-18-8-13(10)15(21)14-9-19-16(24-14)20-11-3-2-4-12(7-11)25(17,22)23/h2-9H,1H3,(H,19,20)(H2,17,22,23). The fourth-order valence-corrected chi connectivity index (χ4v) is 3.50. The molecule has 0 atom stereocenters. The number of hydrogen-bond donors (Lipinski definition) is 2. The molecule has 0 radical (unpaired) electrons. The molecule has 0 bridgehead atoms. The smallest absolute Gasteiger partial charge is 0.238 e. The molecule has 3 aromatic rings. The van der Waals surface area contributed by atoms with Crippen LogP contribution in [0.5, 0.6) is 0 Å². The Morgan fingerprint density at radius 2 is 2.04 bits per heavy atom. The molecule has 128 valence electrons. The van der Waals surface area contributed by atoms with E-state index in [1.807, 2.05) is 6.92 Å². The van der Waals surface area contributed by atoms with Gasteiger partial charge in [0.1, 0.15) is 0 Å². The lowest BCUT2D eigenvalue weighted by Gasteiger charge is -2.04. The van der Waals surface area contributed by atoms with Gasteiger partial charge in [-0.1, -0.05) is 17.4 Å². The number of pyridine rings is 1. The van der Waals surface area contributed by atoms with Crippen LogP contribution < -0.4 is 10.5 Å². The highest BCUT2D eigenvalue weighted by Gasteiger charge is 2.16. The maximum absolute atomic E-state index is 12.5. The minimum atomic E-state index is -3.78. The van der Waals surface area contributed by atoms with Crippen molar-refractivity contribution >= 4 is 38.0 Å². The molecule has 0 saturated heterocycles. The Bertz CT molecular complexity index is 1040. The molecule has 1 aromatic carbocycles. The average Bonchev–Trinajstić information content (AvgIpc) is 3.03. The fourth-order valence-electron chi connectivity index (χ4n) is 2.15. The number of nitrogens with zero attached hydrogens (tertiary/aromatic N) is 2. The second-order valence-corrected chi connectivity index (χ2v) is 7.84. The number of nitrogens with two attached hydrogens (primary N) is 1. The van der Waals surface area contributed by atoms with Crippen molar-refractivity contribution in [1.29, 1.82) is 0 Å². The fraction of sp³-hybridized carbons (Fsp3) is 0.0625. The van der Waals surface area contributed by atoms with Crippen LogP contribution in [0.4, 0.5) is 10.8 Å². The molecule has 0 spiro atoms. The summed E-state index contributed by atoms with van der Waals surface area (Å²) >= 11 is 1.17. The van der Waals surface area contributed by atoms with Crippen LogP contribution in [0.1, 0.15) is 20.8 Å². The summed E-state index contributed by atoms with van der Waals surface area (Å²) in [7, 11) is -3.78. The Hall–Kier alpha value is -2.62. The maximum atomic E-state index is 12.5. The number of primary sulfonamides is 1. The van der Waals surface area contributed by atoms with Crippen LogP contribution in [-0.4, -0.2) is 24.2 Å². The predicted octanol–water partition coefficient (Wildman–Crippen LogP) is 2.47. The SMILES string of the molecule is Cc1ccncc1C(=O)c1cnc(Nc2cccc(S(N)(=O)=O)c2)s1. The molecule has 0 unspecified atom stereocenters. The highest BCUT2D eigenvalue weighted by atomic mass is 32.2. The molecule has 0 aliphatic rings. The third-order valence-corrected chi connectivity index (χ3v) is 5.25. The zero-order valence-electron chi connectivity index (χ0n) is 13.1. The summed E-state index contributed by atoms with van der Waals surface area (Å²) in [5.41, 5.74) is 1.87. The Kier molecular flexibility index (Phi) is 4.62. The van der Waals surface area contributed by atoms with E-state index in [0.29, 0.717) is 21.3 Å². The summed E-state index contributed by atoms with van der Waals surface area (Å²) in [4.78, 5) is 21.1. The number of carbonyl (C=O) groups is 1. The average molecular weight is 374 g/mol. The normalized spacial score (nSPS) is 11.3. The largest absolute Gasteiger partial charge is 0.331 e. The number of nitrogens with one attached hydrogen (secondary N) is 1. The molecule has 7 nitrogen and oxygen atoms in total. The van der Waals surface area contributed by atoms with Crippen LogP contribution >= 0.6 is 11.3 Å². The second-order valence-electron chi connectivity index (χ2n) is 5.25. The molecular weight excluding hydrogens is 360 g/mol. The maximum Gasteiger partial charge on any atom is 0.238 e. The molecule has 0 aliphatic carbocycles. The molecule has 2 heterocycles. The second kappa shape index (κ2) is 6.71. The van der Waals surface area contributed by atoms with Crippen molar-refractivity contribution in [1.82, 2.24) is 9.97 Å². The van der Waals surface area contributed by atoms with Crippen molar-refractivity contribution in [2.75, 3.05) is 5.32 Å². The Morgan fingerprint density at radius 1 is 1.24 bits per heavy atom. The highest BCUT2D eigenvalue weighted by molar-refractivity contribution is 7.89. The van der Waals surface area contributed by atoms with Gasteiger partial charge in [-0.05, 0) is 36.8 Å². The van der Waals surface area contributed by atoms with Crippen molar-refractivity contribution in [2.45, 2.75) is 11.8 Å². The van der Waals surface area contributed by atoms with Gasteiger partial charge in [0, 0.05) is 23.6 Å². The first kappa shape index (κ1) is 17.2. The Labute approximate surface area is 148 Å². The van der Waals surface area contributed by atoms with E-state index >= 15 is 0 Å². The van der Waals surface area contributed by atoms with E-state index in [1.165, 1.54) is 35.9 Å². The van der Waals surface area contributed by atoms with Gasteiger partial charge >= 0.3 is 0 Å². The molecule has 25 heavy (non-hydrogen) atoms. The third kappa shape index (κ3) is 3.90. The molecule has 3 N–H and O–H groups in total. The number of sulfonamides is 1. The lowest BCUT2D eigenvalue weighted by molar-refractivity contribution is 0.104. The zero-order chi connectivity index (χ0) is 18.0. The molecule has 0 fully saturated rings. The first-order valence-electron chi connectivity index (χ1n) is 7.15. The summed E-state index contributed by atoms with van der Waals surface area (Å²) in [6.07, 6.45) is 4.63. The van der Waals surface area contributed by atoms with Crippen LogP contribution in [0, 0.1) is 6.92 Å². The third-order valence-electron chi connectivity index (χ3n) is 3.43. The van der Waals surface area contributed by atoms with Crippen LogP contribution in [-0.2, 0) is 10.0 Å². The van der Waals surface area contributed by atoms with Crippen molar-refractivity contribution in [3.05, 3.63) is 64.9 Å². The van der Waals surface area contributed by atoms with E-state index in [1.54, 1.807) is 24.4 Å². The monoisotopic (exact) mass is 374 g/mol. The topological polar surface area (TPSA) is 115 Å². The van der Waals surface area contributed by atoms with Crippen molar-refractivity contribution in [2.24, 2.45) is 5.14 Å². The predicted molar refractivity (Wildman–Crippen MR) is 95.6 cm³/mol. The van der Waals surface area contributed by atoms with Gasteiger partial charge in [0.15, 0.2) is 5.13 Å². The van der Waals surface area contributed by atoms with E-state index in [2.05, 4.69) is 15.3 Å². The van der Waals surface area contributed by atoms with E-state index in [9.17, 15) is 13.2 Å². The number of carbonyl (C=O) groups excluding carboxylic acids is 1. The van der Waals surface area contributed by atoms with E-state index in [4.69, 9.17) is 5.14 Å². The minimum Gasteiger partial charge on any atom is -0.331 e. The lowest BCUT2D eigenvalue weighted by atomic mass is 10.1. The Morgan fingerprint density at radius 3 is 2.76 bits per heavy atom. The number of hydrogen-bond acceptors (Lipinski definition) is 7. The van der Waals surface area contributed by atoms with Crippen LogP contribution in [0.2, 0.25) is 0 Å². The van der Waals surface area contributed by atoms with Gasteiger partial charge in [-0.3, -0.25) is 9.78 Å². The number of aromatic nitrogens is 2. The minimum absolute atomic E-state index is 0.00339. The quantitative estimate of drug-likeness (QED) is 0.663. The van der Waals surface area contributed by atoms with Gasteiger partial charge in [-0.25, -0.2) is 18.5 Å². The highest BCUT2D eigenvalue weighted by Crippen LogP contribution is 2.26. The van der Waals surface area contributed by atoms with E-state index in [-0.39, 0.29) is 10.7 Å². The first-order valence-corrected chi connectivity index (χ1v) is 9.52. The molecule has 0 amide bonds. The van der Waals surface area contributed by atoms with Gasteiger partial charge in [0.05, 0.1) is 16.0 Å². The van der Waals surface area contributed by atoms with E-state index in [0.717, 1.165) is 5.56 Å². The van der Waals surface area contributed by atoms with Crippen LogP contribution in [0.25, 0.3) is 0 Å². The summed E-state index contributed by atoms with van der Waals surface area (Å²) in [5, 5.41) is 8.57. The zero-order valence-corrected chi connectivity index (χ0v) is 14.8. The summed E-state index contributed by atoms with van der Waals surface area (Å²) in [5.74, 6) is -0.158. The summed E-state index contributed by atoms with van der Waals surface area (Å²) < 4.78 is 22.8. The molecular formula is C16H14N4O3S2. The summed E-state index contributed by atoms with van der Waals surface area (Å²) in [6, 6.07) is 7.84. The molecule has 0 saturated carbocycles. The number of thiazole rings is 1. The molecule has 0 aliphatic heterocycles. The number of anilines is 2.